The van der Waals surface area contributed by atoms with Crippen molar-refractivity contribution in [2.24, 2.45) is 4.99 Å². The van der Waals surface area contributed by atoms with E-state index < -0.39 is 0 Å². The van der Waals surface area contributed by atoms with Gasteiger partial charge in [-0.15, -0.1) is 22.7 Å². The van der Waals surface area contributed by atoms with Crippen molar-refractivity contribution in [3.05, 3.63) is 27.4 Å². The summed E-state index contributed by atoms with van der Waals surface area (Å²) in [5.74, 6) is 0.858. The predicted molar refractivity (Wildman–Crippen MR) is 93.5 cm³/mol. The maximum atomic E-state index is 4.53. The van der Waals surface area contributed by atoms with Crippen molar-refractivity contribution < 1.29 is 0 Å². The number of aliphatic imine (C=N–C) groups is 1. The van der Waals surface area contributed by atoms with Gasteiger partial charge in [0.2, 0.25) is 0 Å². The molecular weight excluding hydrogens is 300 g/mol. The summed E-state index contributed by atoms with van der Waals surface area (Å²) in [5, 5.41) is 9.86. The third kappa shape index (κ3) is 4.82. The van der Waals surface area contributed by atoms with E-state index in [0.717, 1.165) is 29.6 Å². The summed E-state index contributed by atoms with van der Waals surface area (Å²) in [4.78, 5) is 11.4. The maximum absolute atomic E-state index is 4.53. The second kappa shape index (κ2) is 7.56. The molecule has 114 valence electrons. The fourth-order valence-corrected chi connectivity index (χ4v) is 3.55. The summed E-state index contributed by atoms with van der Waals surface area (Å²) in [6.07, 6.45) is 0.993. The largest absolute Gasteiger partial charge is 0.356 e. The quantitative estimate of drug-likeness (QED) is 0.656. The molecule has 0 unspecified atom stereocenters. The first-order chi connectivity index (χ1) is 10.1. The summed E-state index contributed by atoms with van der Waals surface area (Å²) < 4.78 is 0. The monoisotopic (exact) mass is 322 g/mol. The van der Waals surface area contributed by atoms with E-state index in [1.54, 1.807) is 18.4 Å². The lowest BCUT2D eigenvalue weighted by Gasteiger charge is -2.13. The number of rotatable bonds is 5. The van der Waals surface area contributed by atoms with Gasteiger partial charge in [0.15, 0.2) is 5.96 Å². The Morgan fingerprint density at radius 3 is 2.81 bits per heavy atom. The molecule has 0 bridgehead atoms. The lowest BCUT2D eigenvalue weighted by atomic mass is 10.3. The average molecular weight is 323 g/mol. The Balaban J connectivity index is 1.86. The van der Waals surface area contributed by atoms with Gasteiger partial charge in [-0.1, -0.05) is 0 Å². The van der Waals surface area contributed by atoms with E-state index in [1.807, 2.05) is 18.3 Å². The summed E-state index contributed by atoms with van der Waals surface area (Å²) in [7, 11) is 1.80. The molecule has 2 heterocycles. The molecule has 0 amide bonds. The normalized spacial score (nSPS) is 12.0. The highest BCUT2D eigenvalue weighted by atomic mass is 32.1. The minimum absolute atomic E-state index is 0.387. The van der Waals surface area contributed by atoms with Crippen LogP contribution in [0.3, 0.4) is 0 Å². The van der Waals surface area contributed by atoms with Crippen LogP contribution in [0.15, 0.2) is 22.5 Å². The van der Waals surface area contributed by atoms with Gasteiger partial charge in [-0.3, -0.25) is 4.99 Å². The Hall–Kier alpha value is -1.40. The molecule has 21 heavy (non-hydrogen) atoms. The molecule has 0 aromatic carbocycles. The maximum Gasteiger partial charge on any atom is 0.191 e. The highest BCUT2D eigenvalue weighted by Gasteiger charge is 2.06. The molecule has 0 radical (unpaired) electrons. The molecule has 2 rings (SSSR count). The molecule has 2 aromatic rings. The van der Waals surface area contributed by atoms with E-state index in [4.69, 9.17) is 0 Å². The van der Waals surface area contributed by atoms with E-state index in [9.17, 15) is 0 Å². The fraction of sp³-hybridized carbons (Fsp3) is 0.467. The van der Waals surface area contributed by atoms with Gasteiger partial charge >= 0.3 is 0 Å². The third-order valence-corrected chi connectivity index (χ3v) is 4.79. The minimum Gasteiger partial charge on any atom is -0.356 e. The highest BCUT2D eigenvalue weighted by Crippen LogP contribution is 2.29. The predicted octanol–water partition coefficient (Wildman–Crippen LogP) is 3.30. The van der Waals surface area contributed by atoms with Gasteiger partial charge in [0.25, 0.3) is 0 Å². The van der Waals surface area contributed by atoms with Crippen molar-refractivity contribution in [3.8, 4) is 10.6 Å². The number of hydrogen-bond donors (Lipinski definition) is 2. The van der Waals surface area contributed by atoms with Crippen molar-refractivity contribution in [1.82, 2.24) is 15.6 Å². The Labute approximate surface area is 134 Å². The van der Waals surface area contributed by atoms with Crippen LogP contribution >= 0.6 is 22.7 Å². The van der Waals surface area contributed by atoms with Crippen molar-refractivity contribution in [2.75, 3.05) is 13.6 Å². The zero-order chi connectivity index (χ0) is 15.2. The van der Waals surface area contributed by atoms with E-state index in [1.165, 1.54) is 9.75 Å². The van der Waals surface area contributed by atoms with E-state index >= 15 is 0 Å². The minimum atomic E-state index is 0.387. The van der Waals surface area contributed by atoms with Crippen LogP contribution in [0.1, 0.15) is 23.7 Å². The van der Waals surface area contributed by atoms with Gasteiger partial charge in [-0.2, -0.15) is 0 Å². The van der Waals surface area contributed by atoms with Crippen molar-refractivity contribution in [2.45, 2.75) is 33.2 Å². The number of thiophene rings is 1. The fourth-order valence-electron chi connectivity index (χ4n) is 1.90. The van der Waals surface area contributed by atoms with E-state index in [2.05, 4.69) is 52.0 Å². The Kier molecular flexibility index (Phi) is 5.76. The van der Waals surface area contributed by atoms with Crippen LogP contribution in [-0.2, 0) is 6.42 Å². The van der Waals surface area contributed by atoms with Crippen LogP contribution in [-0.4, -0.2) is 30.6 Å². The van der Waals surface area contributed by atoms with Gasteiger partial charge in [0.05, 0.1) is 15.6 Å². The van der Waals surface area contributed by atoms with Crippen LogP contribution in [0.2, 0.25) is 0 Å². The van der Waals surface area contributed by atoms with Crippen LogP contribution < -0.4 is 10.6 Å². The molecule has 0 fully saturated rings. The molecule has 0 saturated heterocycles. The van der Waals surface area contributed by atoms with Crippen LogP contribution in [0.4, 0.5) is 0 Å². The summed E-state index contributed by atoms with van der Waals surface area (Å²) >= 11 is 3.51. The molecule has 0 aliphatic heterocycles. The Bertz CT molecular complexity index is 598. The van der Waals surface area contributed by atoms with Crippen molar-refractivity contribution >= 4 is 28.6 Å². The van der Waals surface area contributed by atoms with Gasteiger partial charge in [0.1, 0.15) is 0 Å². The molecule has 0 spiro atoms. The van der Waals surface area contributed by atoms with Crippen molar-refractivity contribution in [1.29, 1.82) is 0 Å². The summed E-state index contributed by atoms with van der Waals surface area (Å²) in [6.45, 7) is 7.13. The molecule has 0 aliphatic rings. The summed E-state index contributed by atoms with van der Waals surface area (Å²) in [6, 6.07) is 4.74. The van der Waals surface area contributed by atoms with Gasteiger partial charge in [0, 0.05) is 29.9 Å². The zero-order valence-corrected chi connectivity index (χ0v) is 14.6. The van der Waals surface area contributed by atoms with Crippen LogP contribution in [0.5, 0.6) is 0 Å². The van der Waals surface area contributed by atoms with Crippen LogP contribution in [0.25, 0.3) is 10.6 Å². The molecule has 0 saturated carbocycles. The van der Waals surface area contributed by atoms with E-state index in [0.29, 0.717) is 6.04 Å². The van der Waals surface area contributed by atoms with Crippen LogP contribution in [0, 0.1) is 6.92 Å². The standard InChI is InChI=1S/C15H22N4S2/c1-10(2)18-15(16-4)17-8-7-12-5-6-14(21-12)13-9-20-11(3)19-13/h5-6,9-10H,7-8H2,1-4H3,(H2,16,17,18). The molecule has 0 aliphatic carbocycles. The molecule has 4 nitrogen and oxygen atoms in total. The average Bonchev–Trinajstić information content (AvgIpc) is 3.06. The lowest BCUT2D eigenvalue weighted by molar-refractivity contribution is 0.699. The first kappa shape index (κ1) is 16.0. The second-order valence-corrected chi connectivity index (χ2v) is 7.30. The zero-order valence-electron chi connectivity index (χ0n) is 12.9. The molecule has 6 heteroatoms. The van der Waals surface area contributed by atoms with Gasteiger partial charge in [-0.05, 0) is 39.3 Å². The first-order valence-corrected chi connectivity index (χ1v) is 8.76. The smallest absolute Gasteiger partial charge is 0.191 e. The highest BCUT2D eigenvalue weighted by molar-refractivity contribution is 7.16. The number of aryl methyl sites for hydroxylation is 1. The molecule has 0 atom stereocenters. The number of guanidine groups is 1. The van der Waals surface area contributed by atoms with Gasteiger partial charge in [-0.25, -0.2) is 4.98 Å². The SMILES string of the molecule is CN=C(NCCc1ccc(-c2csc(C)n2)s1)NC(C)C. The molecular formula is C15H22N4S2. The van der Waals surface area contributed by atoms with E-state index in [-0.39, 0.29) is 0 Å². The third-order valence-electron chi connectivity index (χ3n) is 2.85. The second-order valence-electron chi connectivity index (χ2n) is 5.07. The Morgan fingerprint density at radius 1 is 1.38 bits per heavy atom. The number of nitrogens with zero attached hydrogens (tertiary/aromatic N) is 2. The summed E-state index contributed by atoms with van der Waals surface area (Å²) in [5.41, 5.74) is 1.10. The lowest BCUT2D eigenvalue weighted by Crippen LogP contribution is -2.41. The number of thiazole rings is 1. The number of nitrogens with one attached hydrogen (secondary N) is 2. The van der Waals surface area contributed by atoms with Crippen molar-refractivity contribution in [3.63, 3.8) is 0 Å². The molecule has 2 aromatic heterocycles. The first-order valence-electron chi connectivity index (χ1n) is 7.07. The Morgan fingerprint density at radius 2 is 2.19 bits per heavy atom. The number of hydrogen-bond acceptors (Lipinski definition) is 4. The number of aromatic nitrogens is 1. The van der Waals surface area contributed by atoms with Gasteiger partial charge < -0.3 is 10.6 Å². The molecule has 2 N–H and O–H groups in total. The topological polar surface area (TPSA) is 49.3 Å².